The van der Waals surface area contributed by atoms with E-state index in [1.54, 1.807) is 0 Å². The predicted octanol–water partition coefficient (Wildman–Crippen LogP) is 0.464. The molecule has 6 fully saturated rings. The first-order valence-corrected chi connectivity index (χ1v) is 16.0. The topological polar surface area (TPSA) is 316 Å². The minimum absolute atomic E-state index is 0. The molecule has 6 aliphatic heterocycles. The molecule has 0 unspecified atom stereocenters. The molecular formula is C15H9F6O24P3. The van der Waals surface area contributed by atoms with Crippen molar-refractivity contribution in [3.63, 3.8) is 0 Å². The molecule has 0 aliphatic carbocycles. The van der Waals surface area contributed by atoms with Gasteiger partial charge in [-0.15, -0.1) is 0 Å². The van der Waals surface area contributed by atoms with Crippen LogP contribution in [0.2, 0.25) is 0 Å². The van der Waals surface area contributed by atoms with Crippen molar-refractivity contribution in [3.8, 4) is 0 Å². The van der Waals surface area contributed by atoms with Crippen molar-refractivity contribution in [3.05, 3.63) is 22.3 Å². The van der Waals surface area contributed by atoms with Gasteiger partial charge in [-0.05, 0) is 0 Å². The van der Waals surface area contributed by atoms with Crippen LogP contribution in [0.15, 0.2) is 0 Å². The third-order valence-electron chi connectivity index (χ3n) is 4.19. The van der Waals surface area contributed by atoms with Crippen molar-refractivity contribution in [1.29, 1.82) is 0 Å². The number of hydrogen-bond acceptors (Lipinski definition) is 24. The maximum Gasteiger partial charge on any atom is 0.0467 e. The molecular weight excluding hydrogens is 771 g/mol. The van der Waals surface area contributed by atoms with Gasteiger partial charge in [-0.1, -0.05) is 0 Å². The molecule has 0 saturated carbocycles. The van der Waals surface area contributed by atoms with Crippen LogP contribution in [0.1, 0.15) is 0 Å². The van der Waals surface area contributed by atoms with E-state index >= 15 is 0 Å². The summed E-state index contributed by atoms with van der Waals surface area (Å²) in [4.78, 5) is 128. The van der Waals surface area contributed by atoms with Crippen molar-refractivity contribution in [2.75, 3.05) is 0 Å². The Hall–Kier alpha value is -5.88. The fourth-order valence-corrected chi connectivity index (χ4v) is 8.54. The summed E-state index contributed by atoms with van der Waals surface area (Å²) in [6, 6.07) is 0. The third-order valence-corrected chi connectivity index (χ3v) is 10.6. The molecule has 6 saturated heterocycles. The molecule has 270 valence electrons. The maximum atomic E-state index is 13.6. The van der Waals surface area contributed by atoms with Gasteiger partial charge in [0.2, 0.25) is 0 Å². The summed E-state index contributed by atoms with van der Waals surface area (Å²) in [5.41, 5.74) is 0. The fourth-order valence-electron chi connectivity index (χ4n) is 2.85. The minimum Gasteiger partial charge on any atom is 0.0467 e. The average Bonchev–Trinajstić information content (AvgIpc) is 3.44. The molecule has 0 N–H and O–H groups in total. The zero-order valence-electron chi connectivity index (χ0n) is 22.4. The van der Waals surface area contributed by atoms with Gasteiger partial charge in [0, 0.05) is 22.3 Å². The maximum absolute atomic E-state index is 13.6. The number of hydrogen-bond donors (Lipinski definition) is 0. The molecule has 0 aromatic carbocycles. The largest absolute Gasteiger partial charge is 0.0467 e. The fraction of sp³-hybridized carbons (Fsp3) is 0. The zero-order chi connectivity index (χ0) is 34.6. The summed E-state index contributed by atoms with van der Waals surface area (Å²) in [6.45, 7) is 0. The Labute approximate surface area is 254 Å². The average molecular weight is 780 g/mol. The first-order chi connectivity index (χ1) is 19.7. The van der Waals surface area contributed by atoms with Crippen LogP contribution >= 0.6 is 22.4 Å². The number of carbonyl (C=O) groups is 12. The smallest absolute Gasteiger partial charge is 0.0467 e. The molecule has 0 radical (unpaired) electrons. The molecule has 0 aromatic rings. The quantitative estimate of drug-likeness (QED) is 0.139. The van der Waals surface area contributed by atoms with E-state index in [1.165, 1.54) is 0 Å². The van der Waals surface area contributed by atoms with Crippen LogP contribution < -0.4 is 0 Å². The second kappa shape index (κ2) is 8.72. The van der Waals surface area contributed by atoms with Gasteiger partial charge < -0.3 is 0 Å². The van der Waals surface area contributed by atoms with Crippen molar-refractivity contribution >= 4 is 94.1 Å². The van der Waals surface area contributed by atoms with E-state index in [0.29, 0.717) is 0 Å². The number of halogens is 6. The molecule has 24 nitrogen and oxygen atoms in total. The van der Waals surface area contributed by atoms with Gasteiger partial charge >= 0.3 is 231 Å². The van der Waals surface area contributed by atoms with E-state index in [-0.39, 0.29) is 22.3 Å². The van der Waals surface area contributed by atoms with Crippen molar-refractivity contribution < 1.29 is 137 Å². The SMILES string of the molecule is O=C1O[P-](F)(F)(F)(F)OC1=O.O=C1O[P-]2(F)(F)(OC1=O)OC(=O)C(=O)O2.O=C1O[P-]23(OC1=O)(OC(=O)C(=O)O2)OC(=O)C(=O)O3.[CH3+].[CH3+].[CH3+]. The molecule has 0 atom stereocenters. The van der Waals surface area contributed by atoms with Gasteiger partial charge in [-0.2, -0.15) is 0 Å². The zero-order valence-corrected chi connectivity index (χ0v) is 25.1. The molecule has 6 rings (SSSR count). The Bertz CT molecular complexity index is 1520. The van der Waals surface area contributed by atoms with Crippen LogP contribution in [0.4, 0.5) is 25.2 Å². The molecule has 6 heterocycles. The van der Waals surface area contributed by atoms with Gasteiger partial charge in [0.05, 0.1) is 0 Å². The van der Waals surface area contributed by atoms with Gasteiger partial charge in [0.15, 0.2) is 0 Å². The van der Waals surface area contributed by atoms with E-state index < -0.39 is 94.1 Å². The Morgan fingerprint density at radius 2 is 0.417 bits per heavy atom. The minimum atomic E-state index is -9.47. The van der Waals surface area contributed by atoms with Crippen LogP contribution in [0.25, 0.3) is 0 Å². The van der Waals surface area contributed by atoms with E-state index in [1.807, 2.05) is 0 Å². The van der Waals surface area contributed by atoms with Gasteiger partial charge in [-0.25, -0.2) is 0 Å². The number of rotatable bonds is 0. The van der Waals surface area contributed by atoms with Crippen LogP contribution in [-0.2, 0) is 112 Å². The standard InChI is InChI=1S/C6O12P.C4F2O8P.C2F4O4P.3CH3/c7-1-2(8)14-19(13-1,15-3(9)4(10)16-19)17-5(11)6(12)18-19;5-15(6,11-1(7)2(8)12-15)13-3(9)4(10)14-15;3-11(4,5,6)9-1(7)2(8)10-11;;;/h;;;3*1H3/q3*-1;3*+1. The van der Waals surface area contributed by atoms with Crippen LogP contribution in [-0.4, -0.2) is 71.6 Å². The Morgan fingerprint density at radius 3 is 0.562 bits per heavy atom. The molecule has 0 amide bonds. The van der Waals surface area contributed by atoms with E-state index in [9.17, 15) is 82.7 Å². The van der Waals surface area contributed by atoms with Crippen molar-refractivity contribution in [2.45, 2.75) is 0 Å². The van der Waals surface area contributed by atoms with Crippen LogP contribution in [0.5, 0.6) is 0 Å². The monoisotopic (exact) mass is 780 g/mol. The predicted molar refractivity (Wildman–Crippen MR) is 120 cm³/mol. The van der Waals surface area contributed by atoms with Crippen molar-refractivity contribution in [1.82, 2.24) is 0 Å². The van der Waals surface area contributed by atoms with Crippen LogP contribution in [0, 0.1) is 22.3 Å². The van der Waals surface area contributed by atoms with Gasteiger partial charge in [0.25, 0.3) is 0 Å². The summed E-state index contributed by atoms with van der Waals surface area (Å²) in [6.07, 6.45) is 0. The second-order valence-electron chi connectivity index (χ2n) is 7.74. The second-order valence-corrected chi connectivity index (χ2v) is 16.3. The first kappa shape index (κ1) is 40.1. The van der Waals surface area contributed by atoms with E-state index in [0.717, 1.165) is 0 Å². The summed E-state index contributed by atoms with van der Waals surface area (Å²) < 4.78 is 117. The molecule has 48 heavy (non-hydrogen) atoms. The summed E-state index contributed by atoms with van der Waals surface area (Å²) >= 11 is 0. The Balaban J connectivity index is 0.000000362. The number of carbonyl (C=O) groups excluding carboxylic acids is 12. The summed E-state index contributed by atoms with van der Waals surface area (Å²) in [7, 11) is -24.8. The molecule has 2 spiro atoms. The normalized spacial score (nSPS) is 31.9. The summed E-state index contributed by atoms with van der Waals surface area (Å²) in [5.74, 6) is -24.3. The first-order valence-electron chi connectivity index (χ1n) is 9.60. The molecule has 6 aliphatic rings. The Morgan fingerprint density at radius 1 is 0.271 bits per heavy atom. The third kappa shape index (κ3) is 5.89. The summed E-state index contributed by atoms with van der Waals surface area (Å²) in [5, 5.41) is 0. The van der Waals surface area contributed by atoms with Gasteiger partial charge in [0.1, 0.15) is 0 Å². The molecule has 0 bridgehead atoms. The van der Waals surface area contributed by atoms with Crippen LogP contribution in [0.3, 0.4) is 0 Å². The van der Waals surface area contributed by atoms with E-state index in [4.69, 9.17) is 0 Å². The van der Waals surface area contributed by atoms with E-state index in [2.05, 4.69) is 54.3 Å². The molecule has 0 aromatic heterocycles. The Kier molecular flexibility index (Phi) is 7.29. The molecule has 33 heteroatoms. The van der Waals surface area contributed by atoms with Crippen molar-refractivity contribution in [2.24, 2.45) is 0 Å². The van der Waals surface area contributed by atoms with Gasteiger partial charge in [-0.3, -0.25) is 0 Å².